The molecule has 5 aliphatic heterocycles. The second-order valence-electron chi connectivity index (χ2n) is 19.2. The van der Waals surface area contributed by atoms with E-state index < -0.39 is 67.4 Å². The van der Waals surface area contributed by atoms with Crippen LogP contribution < -0.4 is 36.8 Å². The molecule has 0 bridgehead atoms. The van der Waals surface area contributed by atoms with Crippen molar-refractivity contribution in [3.05, 3.63) is 113 Å². The monoisotopic (exact) mass is 1420 g/mol. The molecule has 10 heterocycles. The molecule has 97 heavy (non-hydrogen) atoms. The molecule has 38 nitrogen and oxygen atoms in total. The van der Waals surface area contributed by atoms with Crippen molar-refractivity contribution in [1.29, 1.82) is 0 Å². The summed E-state index contributed by atoms with van der Waals surface area (Å²) in [5.41, 5.74) is 2.76. The van der Waals surface area contributed by atoms with E-state index in [1.807, 2.05) is 40.7 Å². The number of aldehydes is 1. The van der Waals surface area contributed by atoms with Crippen LogP contribution in [0.15, 0.2) is 105 Å². The number of anilines is 1. The number of sulfone groups is 2. The molecule has 0 aromatic carbocycles. The second-order valence-corrected chi connectivity index (χ2v) is 24.6. The van der Waals surface area contributed by atoms with Crippen LogP contribution in [0.2, 0.25) is 0 Å². The number of aliphatic hydroxyl groups excluding tert-OH is 1. The summed E-state index contributed by atoms with van der Waals surface area (Å²) in [5.74, 6) is -1.65. The molecule has 518 valence electrons. The minimum Gasteiger partial charge on any atom is -0.397 e. The Hall–Kier alpha value is -11.0. The predicted molar refractivity (Wildman–Crippen MR) is 351 cm³/mol. The first-order chi connectivity index (χ1) is 45.6. The van der Waals surface area contributed by atoms with Crippen LogP contribution >= 0.6 is 23.5 Å². The minimum absolute atomic E-state index is 0.0863. The summed E-state index contributed by atoms with van der Waals surface area (Å²) >= 11 is 2.83. The Balaban J connectivity index is 0.000000303. The molecule has 5 saturated heterocycles. The van der Waals surface area contributed by atoms with Crippen molar-refractivity contribution in [2.24, 2.45) is 0 Å². The standard InChI is InChI=1S/C11H13N5O2.2C10H10N4O4S.C10H10N4O2S.C6H6N2OS.C4H6N2O2.C2H7N.C2H6O/c1-15(2)10-12-5-4-7(13-10)6-8-9(17)14-11(18)16(8)3;2*1-14-7(8(15)13-10(14)16)5-6-3-4-11-9(12-6)19(2,17)18;1-14-7(8(15)13-10(14)16)5-6-3-4-11-9(12-6)17-2;1-10-6-7-3-2-5(4-9)8-6;1-6-2-3(7)5-4(6)8;1-3-2;1-2-3/h4-6H,1-3H3,(H,14,17,18);2*3-5H,1-2H3,(H,13,15,16);3-5H,1-2H3,(H,13,15,16);2-4H,1H3;2H2,1H3,(H,5,7,8);3H,1-2H3;3H,2H2,1H3/b8-6-;3*7-5-;;;;. The first-order valence-electron chi connectivity index (χ1n) is 27.3. The number of carbonyl (C=O) groups excluding carboxylic acids is 11. The van der Waals surface area contributed by atoms with Gasteiger partial charge in [-0.25, -0.2) is 90.6 Å². The first kappa shape index (κ1) is 80.3. The topological polar surface area (TPSA) is 497 Å². The van der Waals surface area contributed by atoms with E-state index in [0.29, 0.717) is 39.6 Å². The zero-order valence-electron chi connectivity index (χ0n) is 54.4. The van der Waals surface area contributed by atoms with Crippen LogP contribution in [0.4, 0.5) is 29.9 Å². The number of aromatic nitrogens is 10. The molecular formula is C55H68N22O16S4. The van der Waals surface area contributed by atoms with Gasteiger partial charge >= 0.3 is 30.2 Å². The lowest BCUT2D eigenvalue weighted by Gasteiger charge is -2.10. The summed E-state index contributed by atoms with van der Waals surface area (Å²) in [6.07, 6.45) is 19.5. The number of hydrogen-bond donors (Lipinski definition) is 7. The lowest BCUT2D eigenvalue weighted by molar-refractivity contribution is -0.118. The number of urea groups is 5. The van der Waals surface area contributed by atoms with Crippen LogP contribution in [-0.4, -0.2) is 264 Å². The maximum atomic E-state index is 11.5. The lowest BCUT2D eigenvalue weighted by atomic mass is 10.3. The molecule has 5 aromatic heterocycles. The van der Waals surface area contributed by atoms with Gasteiger partial charge < -0.3 is 20.2 Å². The molecule has 0 unspecified atom stereocenters. The SMILES string of the molecule is CCO.CN1C(=O)NC(=O)/C1=C/c1ccnc(N(C)C)n1.CN1C(=O)NC(=O)/C1=C/c1ccnc(S(C)(=O)=O)n1.CN1C(=O)NC(=O)/C1=C/c1ccnc(S(C)(=O)=O)n1.CN1CC(=O)NC1=O.CNC.CSc1nccc(/C=C2/C(=O)NC(=O)N2C)n1.CSc1nccc(C=O)n1. The van der Waals surface area contributed by atoms with Gasteiger partial charge in [-0.1, -0.05) is 23.5 Å². The van der Waals surface area contributed by atoms with E-state index in [9.17, 15) is 69.6 Å². The largest absolute Gasteiger partial charge is 0.397 e. The number of carbonyl (C=O) groups is 11. The molecule has 5 aromatic rings. The van der Waals surface area contributed by atoms with E-state index >= 15 is 0 Å². The normalized spacial score (nSPS) is 16.3. The van der Waals surface area contributed by atoms with Crippen LogP contribution in [0, 0.1) is 0 Å². The van der Waals surface area contributed by atoms with Crippen LogP contribution in [0.3, 0.4) is 0 Å². The molecule has 5 aliphatic rings. The Labute approximate surface area is 564 Å². The van der Waals surface area contributed by atoms with Gasteiger partial charge in [-0.15, -0.1) is 0 Å². The molecule has 15 amide bonds. The Morgan fingerprint density at radius 3 is 1.03 bits per heavy atom. The van der Waals surface area contributed by atoms with Crippen molar-refractivity contribution in [3.8, 4) is 0 Å². The summed E-state index contributed by atoms with van der Waals surface area (Å²) in [6, 6.07) is 5.52. The number of likely N-dealkylation sites (N-methyl/N-ethyl adjacent to an activating group) is 5. The Morgan fingerprint density at radius 2 is 0.784 bits per heavy atom. The van der Waals surface area contributed by atoms with Gasteiger partial charge in [0, 0.05) is 99.4 Å². The third kappa shape index (κ3) is 25.0. The molecule has 5 fully saturated rings. The summed E-state index contributed by atoms with van der Waals surface area (Å²) in [5, 5.41) is 21.6. The quantitative estimate of drug-likeness (QED) is 0.0308. The fourth-order valence-corrected chi connectivity index (χ4v) is 8.49. The van der Waals surface area contributed by atoms with Crippen molar-refractivity contribution in [2.75, 3.05) is 107 Å². The Kier molecular flexibility index (Phi) is 31.3. The highest BCUT2D eigenvalue weighted by Gasteiger charge is 2.33. The number of amides is 15. The van der Waals surface area contributed by atoms with Crippen molar-refractivity contribution in [3.63, 3.8) is 0 Å². The molecule has 0 atom stereocenters. The number of nitrogens with zero attached hydrogens (tertiary/aromatic N) is 16. The molecule has 0 saturated carbocycles. The number of rotatable bonds is 10. The number of hydrogen-bond acceptors (Lipinski definition) is 30. The molecule has 42 heteroatoms. The summed E-state index contributed by atoms with van der Waals surface area (Å²) in [7, 11) is 7.81. The van der Waals surface area contributed by atoms with E-state index in [-0.39, 0.29) is 69.6 Å². The van der Waals surface area contributed by atoms with Gasteiger partial charge in [0.2, 0.25) is 41.8 Å². The molecular weight excluding hydrogens is 1350 g/mol. The molecule has 0 radical (unpaired) electrons. The van der Waals surface area contributed by atoms with Gasteiger partial charge in [-0.3, -0.25) is 75.0 Å². The predicted octanol–water partition coefficient (Wildman–Crippen LogP) is -0.395. The summed E-state index contributed by atoms with van der Waals surface area (Å²) in [4.78, 5) is 169. The summed E-state index contributed by atoms with van der Waals surface area (Å²) in [6.45, 7) is 2.12. The maximum absolute atomic E-state index is 11.5. The van der Waals surface area contributed by atoms with E-state index in [1.54, 1.807) is 67.8 Å². The number of thioether (sulfide) groups is 2. The highest BCUT2D eigenvalue weighted by Crippen LogP contribution is 2.19. The van der Waals surface area contributed by atoms with Crippen LogP contribution in [0.25, 0.3) is 24.3 Å². The minimum atomic E-state index is -3.53. The number of imide groups is 5. The van der Waals surface area contributed by atoms with Crippen molar-refractivity contribution < 1.29 is 74.7 Å². The van der Waals surface area contributed by atoms with Gasteiger partial charge in [0.05, 0.1) is 22.8 Å². The fourth-order valence-electron chi connectivity index (χ4n) is 6.71. The third-order valence-electron chi connectivity index (χ3n) is 11.4. The summed E-state index contributed by atoms with van der Waals surface area (Å²) < 4.78 is 45.3. The van der Waals surface area contributed by atoms with Gasteiger partial charge in [0.25, 0.3) is 23.6 Å². The van der Waals surface area contributed by atoms with Gasteiger partial charge in [0.1, 0.15) is 35.0 Å². The molecule has 7 N–H and O–H groups in total. The smallest absolute Gasteiger partial charge is 0.328 e. The lowest BCUT2D eigenvalue weighted by Crippen LogP contribution is -2.24. The Bertz CT molecular complexity index is 4030. The van der Waals surface area contributed by atoms with Gasteiger partial charge in [0.15, 0.2) is 16.6 Å². The zero-order valence-corrected chi connectivity index (χ0v) is 57.7. The van der Waals surface area contributed by atoms with Crippen LogP contribution in [0.5, 0.6) is 0 Å². The van der Waals surface area contributed by atoms with Crippen molar-refractivity contribution >= 4 is 139 Å². The van der Waals surface area contributed by atoms with Crippen LogP contribution in [0.1, 0.15) is 40.2 Å². The first-order valence-corrected chi connectivity index (χ1v) is 33.5. The highest BCUT2D eigenvalue weighted by molar-refractivity contribution is 7.98. The van der Waals surface area contributed by atoms with E-state index in [2.05, 4.69) is 81.7 Å². The van der Waals surface area contributed by atoms with Gasteiger partial charge in [-0.05, 0) is 88.2 Å². The van der Waals surface area contributed by atoms with E-state index in [0.717, 1.165) is 22.3 Å². The molecule has 0 aliphatic carbocycles. The number of nitrogens with one attached hydrogen (secondary N) is 6. The molecule has 0 spiro atoms. The zero-order chi connectivity index (χ0) is 73.1. The maximum Gasteiger partial charge on any atom is 0.328 e. The van der Waals surface area contributed by atoms with Crippen LogP contribution in [-0.2, 0) is 43.6 Å². The van der Waals surface area contributed by atoms with E-state index in [1.165, 1.54) is 103 Å². The fraction of sp³-hybridized carbons (Fsp3) is 0.291. The second kappa shape index (κ2) is 37.8. The average Bonchev–Trinajstić information content (AvgIpc) is 1.41. The van der Waals surface area contributed by atoms with Gasteiger partial charge in [-0.2, -0.15) is 0 Å². The number of aliphatic hydroxyl groups is 1. The van der Waals surface area contributed by atoms with Crippen molar-refractivity contribution in [2.45, 2.75) is 27.5 Å². The highest BCUT2D eigenvalue weighted by atomic mass is 32.2. The van der Waals surface area contributed by atoms with E-state index in [4.69, 9.17) is 5.11 Å². The Morgan fingerprint density at radius 1 is 0.495 bits per heavy atom. The molecule has 10 rings (SSSR count). The van der Waals surface area contributed by atoms with Crippen molar-refractivity contribution in [1.82, 2.24) is 106 Å². The average molecular weight is 1420 g/mol. The third-order valence-corrected chi connectivity index (χ3v) is 14.3.